The van der Waals surface area contributed by atoms with Crippen LogP contribution in [-0.2, 0) is 271 Å². The first-order chi connectivity index (χ1) is 19.4. The number of aliphatic hydroxyl groups excluding tert-OH is 2. The van der Waals surface area contributed by atoms with Crippen molar-refractivity contribution in [3.8, 4) is 0 Å². The SMILES string of the molecule is C=[C-]C(NC(C)C)[C@@H](C)O.C=[C-][C@H](CC(=O)O)NC(C)C.C=[C-][C@H](CCC(=O)O)NC(C)C.C=[C-][C@H](CO)NC(C)C.[Y].[Y].[Y].[Y].[Y].[Y].[Y].[Y]. The smallest absolute Gasteiger partial charge is 0.303 e. The van der Waals surface area contributed by atoms with Crippen LogP contribution in [0, 0.1) is 24.3 Å². The van der Waals surface area contributed by atoms with Gasteiger partial charge < -0.3 is 66.0 Å². The molecule has 0 aromatic rings. The molecule has 50 heavy (non-hydrogen) atoms. The van der Waals surface area contributed by atoms with Gasteiger partial charge in [-0.25, -0.2) is 0 Å². The van der Waals surface area contributed by atoms with Crippen LogP contribution in [0.4, 0.5) is 0 Å². The fourth-order valence-corrected chi connectivity index (χ4v) is 2.99. The molecule has 0 aliphatic rings. The van der Waals surface area contributed by atoms with Gasteiger partial charge in [0.2, 0.25) is 0 Å². The van der Waals surface area contributed by atoms with Gasteiger partial charge in [0.05, 0.1) is 0 Å². The van der Waals surface area contributed by atoms with Gasteiger partial charge >= 0.3 is 11.9 Å². The van der Waals surface area contributed by atoms with E-state index in [9.17, 15) is 9.59 Å². The summed E-state index contributed by atoms with van der Waals surface area (Å²) in [7, 11) is 0. The minimum absolute atomic E-state index is 0. The van der Waals surface area contributed by atoms with Crippen LogP contribution in [-0.4, -0.2) is 93.4 Å². The van der Waals surface area contributed by atoms with Crippen LogP contribution in [0.5, 0.6) is 0 Å². The number of nitrogens with one attached hydrogen (secondary N) is 4. The first kappa shape index (κ1) is 87.9. The van der Waals surface area contributed by atoms with Gasteiger partial charge in [-0.05, 0) is 31.1 Å². The van der Waals surface area contributed by atoms with E-state index in [1.54, 1.807) is 6.92 Å². The van der Waals surface area contributed by atoms with Crippen molar-refractivity contribution in [2.24, 2.45) is 0 Å². The Morgan fingerprint density at radius 3 is 1.04 bits per heavy atom. The first-order valence-corrected chi connectivity index (χ1v) is 14.3. The van der Waals surface area contributed by atoms with Crippen LogP contribution in [0.25, 0.3) is 0 Å². The van der Waals surface area contributed by atoms with Gasteiger partial charge in [0.15, 0.2) is 0 Å². The quantitative estimate of drug-likeness (QED) is 0.0904. The molecule has 0 aromatic heterocycles. The van der Waals surface area contributed by atoms with Crippen molar-refractivity contribution in [2.75, 3.05) is 6.61 Å². The van der Waals surface area contributed by atoms with Crippen LogP contribution in [0.1, 0.15) is 81.6 Å². The van der Waals surface area contributed by atoms with Crippen LogP contribution in [0.3, 0.4) is 0 Å². The molecule has 0 aromatic carbocycles. The van der Waals surface area contributed by atoms with Crippen molar-refractivity contribution < 1.29 is 292 Å². The fraction of sp³-hybridized carbons (Fsp3) is 0.688. The van der Waals surface area contributed by atoms with Gasteiger partial charge in [0.25, 0.3) is 0 Å². The summed E-state index contributed by atoms with van der Waals surface area (Å²) in [5.74, 6) is -1.61. The molecule has 0 saturated carbocycles. The Labute approximate surface area is 507 Å². The molecule has 8 radical (unpaired) electrons. The summed E-state index contributed by atoms with van der Waals surface area (Å²) in [5.41, 5.74) is 0. The van der Waals surface area contributed by atoms with E-state index in [2.05, 4.69) is 71.9 Å². The predicted octanol–water partition coefficient (Wildman–Crippen LogP) is 3.06. The second-order valence-corrected chi connectivity index (χ2v) is 10.7. The molecule has 0 aliphatic carbocycles. The summed E-state index contributed by atoms with van der Waals surface area (Å²) in [6.07, 6.45) is 11.1. The molecule has 0 aliphatic heterocycles. The van der Waals surface area contributed by atoms with E-state index in [4.69, 9.17) is 20.4 Å². The molecule has 0 bridgehead atoms. The first-order valence-electron chi connectivity index (χ1n) is 14.3. The molecule has 1 unspecified atom stereocenters. The third kappa shape index (κ3) is 75.3. The Morgan fingerprint density at radius 1 is 0.540 bits per heavy atom. The molecule has 5 atom stereocenters. The fourth-order valence-electron chi connectivity index (χ4n) is 2.99. The van der Waals surface area contributed by atoms with E-state index in [1.165, 1.54) is 0 Å². The number of hydrogen-bond donors (Lipinski definition) is 8. The number of rotatable bonds is 19. The van der Waals surface area contributed by atoms with E-state index < -0.39 is 18.0 Å². The zero-order chi connectivity index (χ0) is 33.8. The summed E-state index contributed by atoms with van der Waals surface area (Å²) < 4.78 is 0. The third-order valence-corrected chi connectivity index (χ3v) is 4.77. The Morgan fingerprint density at radius 2 is 0.860 bits per heavy atom. The molecule has 18 heteroatoms. The molecular formula is C32H60N4O6Y8-4. The monoisotopic (exact) mass is 1310 g/mol. The van der Waals surface area contributed by atoms with Gasteiger partial charge in [-0.3, -0.25) is 35.9 Å². The number of carboxylic acids is 2. The standard InChI is InChI=1S/C9H16NO2.C8H14NO2.C8H16NO.C7H14NO.8Y/c1-4-8(10-7(2)3)5-6-9(11)12;1-4-7(5-8(10)11)9-6(2)3;1-5-8(7(4)10)9-6(2)3;1-4-7(5-9)8-6(2)3;;;;;;;;/h7-8,10H,1,5-6H2,2-3H3,(H,11,12);6-7,9H,1,5H2,2-3H3,(H,10,11);6-10H,1H2,2-4H3;6-9H,1,5H2,2-3H3;;;;;;;;/q4*-1;;;;;;;;/t8-;7-;7-,8?;7-;;;;;;;;/m1111......../s1. The molecule has 0 spiro atoms. The maximum absolute atomic E-state index is 10.2. The average Bonchev–Trinajstić information content (AvgIpc) is 2.87. The van der Waals surface area contributed by atoms with E-state index >= 15 is 0 Å². The topological polar surface area (TPSA) is 163 Å². The summed E-state index contributed by atoms with van der Waals surface area (Å²) >= 11 is 0. The van der Waals surface area contributed by atoms with Crippen molar-refractivity contribution in [2.45, 2.75) is 136 Å². The summed E-state index contributed by atoms with van der Waals surface area (Å²) in [6, 6.07) is 0.871. The molecule has 0 fully saturated rings. The van der Waals surface area contributed by atoms with E-state index in [0.717, 1.165) is 0 Å². The summed E-state index contributed by atoms with van der Waals surface area (Å²) in [6.45, 7) is 31.6. The van der Waals surface area contributed by atoms with Gasteiger partial charge in [-0.1, -0.05) is 67.9 Å². The zero-order valence-corrected chi connectivity index (χ0v) is 54.8. The number of carboxylic acid groups (broad SMARTS) is 2. The van der Waals surface area contributed by atoms with Crippen molar-refractivity contribution >= 4 is 11.9 Å². The van der Waals surface area contributed by atoms with Gasteiger partial charge in [-0.2, -0.15) is 0 Å². The van der Waals surface area contributed by atoms with Gasteiger partial charge in [-0.15, -0.1) is 18.1 Å². The normalized spacial score (nSPS) is 11.8. The molecule has 0 amide bonds. The Balaban J connectivity index is -0.0000000367. The molecule has 0 rings (SSSR count). The zero-order valence-electron chi connectivity index (χ0n) is 32.1. The van der Waals surface area contributed by atoms with Crippen LogP contribution < -0.4 is 21.3 Å². The number of carbonyl (C=O) groups is 2. The second kappa shape index (κ2) is 62.1. The second-order valence-electron chi connectivity index (χ2n) is 10.7. The number of aliphatic hydroxyl groups is 2. The number of hydrogen-bond acceptors (Lipinski definition) is 8. The Hall–Kier alpha value is 6.49. The maximum atomic E-state index is 10.2. The van der Waals surface area contributed by atoms with Crippen molar-refractivity contribution in [1.82, 2.24) is 21.3 Å². The van der Waals surface area contributed by atoms with Crippen molar-refractivity contribution in [1.29, 1.82) is 0 Å². The largest absolute Gasteiger partial charge is 0.486 e. The van der Waals surface area contributed by atoms with Crippen LogP contribution in [0.2, 0.25) is 0 Å². The third-order valence-electron chi connectivity index (χ3n) is 4.77. The Kier molecular flexibility index (Phi) is 109. The van der Waals surface area contributed by atoms with Crippen molar-refractivity contribution in [3.63, 3.8) is 0 Å². The van der Waals surface area contributed by atoms with Crippen LogP contribution in [0.15, 0.2) is 26.3 Å². The van der Waals surface area contributed by atoms with E-state index in [-0.39, 0.29) is 311 Å². The summed E-state index contributed by atoms with van der Waals surface area (Å²) in [4.78, 5) is 20.5. The Bertz CT molecular complexity index is 743. The molecule has 0 saturated heterocycles. The molecule has 10 nitrogen and oxygen atoms in total. The summed E-state index contributed by atoms with van der Waals surface area (Å²) in [5, 5.41) is 46.9. The van der Waals surface area contributed by atoms with Crippen LogP contribution >= 0.6 is 0 Å². The van der Waals surface area contributed by atoms with Gasteiger partial charge in [0, 0.05) is 287 Å². The molecule has 272 valence electrons. The van der Waals surface area contributed by atoms with E-state index in [1.807, 2.05) is 55.4 Å². The molecule has 8 N–H and O–H groups in total. The molecule has 0 heterocycles. The minimum Gasteiger partial charge on any atom is -0.486 e. The minimum atomic E-state index is -0.834. The van der Waals surface area contributed by atoms with E-state index in [0.29, 0.717) is 24.5 Å². The van der Waals surface area contributed by atoms with Gasteiger partial charge in [0.1, 0.15) is 0 Å². The number of aliphatic carboxylic acids is 2. The predicted molar refractivity (Wildman–Crippen MR) is 172 cm³/mol. The molecular weight excluding hydrogens is 1250 g/mol. The maximum Gasteiger partial charge on any atom is 0.303 e. The van der Waals surface area contributed by atoms with Crippen molar-refractivity contribution in [3.05, 3.63) is 50.6 Å². The average molecular weight is 1310 g/mol.